The van der Waals surface area contributed by atoms with Gasteiger partial charge in [0, 0.05) is 10.0 Å². The lowest BCUT2D eigenvalue weighted by atomic mass is 10.1. The predicted octanol–water partition coefficient (Wildman–Crippen LogP) is 4.87. The quantitative estimate of drug-likeness (QED) is 0.600. The lowest BCUT2D eigenvalue weighted by Crippen LogP contribution is -2.11. The SMILES string of the molecule is COc1ccc(C(=O)COc2ccc3cc(Br)ccc3c2)cc1. The van der Waals surface area contributed by atoms with Crippen LogP contribution in [0, 0.1) is 0 Å². The van der Waals surface area contributed by atoms with Gasteiger partial charge >= 0.3 is 0 Å². The highest BCUT2D eigenvalue weighted by atomic mass is 79.9. The number of halogens is 1. The molecule has 3 nitrogen and oxygen atoms in total. The molecule has 0 aliphatic rings. The Morgan fingerprint density at radius 3 is 2.30 bits per heavy atom. The number of ketones is 1. The lowest BCUT2D eigenvalue weighted by molar-refractivity contribution is 0.0921. The summed E-state index contributed by atoms with van der Waals surface area (Å²) in [6.07, 6.45) is 0. The van der Waals surface area contributed by atoms with Gasteiger partial charge in [-0.25, -0.2) is 0 Å². The summed E-state index contributed by atoms with van der Waals surface area (Å²) in [5.74, 6) is 1.34. The second kappa shape index (κ2) is 6.84. The maximum atomic E-state index is 12.2. The van der Waals surface area contributed by atoms with Crippen LogP contribution in [-0.2, 0) is 0 Å². The molecule has 0 heterocycles. The molecule has 0 spiro atoms. The number of benzene rings is 3. The van der Waals surface area contributed by atoms with E-state index >= 15 is 0 Å². The van der Waals surface area contributed by atoms with Crippen molar-refractivity contribution in [3.63, 3.8) is 0 Å². The fraction of sp³-hybridized carbons (Fsp3) is 0.105. The number of hydrogen-bond acceptors (Lipinski definition) is 3. The molecule has 0 unspecified atom stereocenters. The number of methoxy groups -OCH3 is 1. The second-order valence-electron chi connectivity index (χ2n) is 5.09. The van der Waals surface area contributed by atoms with Crippen molar-refractivity contribution in [1.29, 1.82) is 0 Å². The van der Waals surface area contributed by atoms with Gasteiger partial charge in [-0.2, -0.15) is 0 Å². The number of ether oxygens (including phenoxy) is 2. The molecule has 0 aliphatic heterocycles. The van der Waals surface area contributed by atoms with Crippen molar-refractivity contribution in [3.8, 4) is 11.5 Å². The summed E-state index contributed by atoms with van der Waals surface area (Å²) in [7, 11) is 1.60. The van der Waals surface area contributed by atoms with Crippen LogP contribution in [0.4, 0.5) is 0 Å². The van der Waals surface area contributed by atoms with Crippen LogP contribution in [0.1, 0.15) is 10.4 Å². The Morgan fingerprint density at radius 2 is 1.57 bits per heavy atom. The molecule has 0 saturated heterocycles. The number of carbonyl (C=O) groups excluding carboxylic acids is 1. The molecule has 0 N–H and O–H groups in total. The molecule has 0 radical (unpaired) electrons. The number of carbonyl (C=O) groups is 1. The topological polar surface area (TPSA) is 35.5 Å². The summed E-state index contributed by atoms with van der Waals surface area (Å²) in [5, 5.41) is 2.19. The van der Waals surface area contributed by atoms with Gasteiger partial charge in [0.1, 0.15) is 11.5 Å². The van der Waals surface area contributed by atoms with Crippen LogP contribution in [0.15, 0.2) is 65.1 Å². The van der Waals surface area contributed by atoms with Gasteiger partial charge < -0.3 is 9.47 Å². The standard InChI is InChI=1S/C19H15BrO3/c1-22-17-7-3-13(4-8-17)19(21)12-23-18-9-5-14-10-16(20)6-2-15(14)11-18/h2-11H,12H2,1H3. The third-order valence-electron chi connectivity index (χ3n) is 3.56. The van der Waals surface area contributed by atoms with E-state index in [0.29, 0.717) is 11.3 Å². The Kier molecular flexibility index (Phi) is 4.63. The van der Waals surface area contributed by atoms with Crippen molar-refractivity contribution in [3.05, 3.63) is 70.7 Å². The highest BCUT2D eigenvalue weighted by molar-refractivity contribution is 9.10. The summed E-state index contributed by atoms with van der Waals surface area (Å²) in [6, 6.07) is 18.8. The van der Waals surface area contributed by atoms with E-state index in [0.717, 1.165) is 21.0 Å². The fourth-order valence-electron chi connectivity index (χ4n) is 2.29. The van der Waals surface area contributed by atoms with Gasteiger partial charge in [0.15, 0.2) is 12.4 Å². The fourth-order valence-corrected chi connectivity index (χ4v) is 2.67. The summed E-state index contributed by atoms with van der Waals surface area (Å²) in [5.41, 5.74) is 0.607. The largest absolute Gasteiger partial charge is 0.497 e. The van der Waals surface area contributed by atoms with Crippen molar-refractivity contribution >= 4 is 32.5 Å². The summed E-state index contributed by atoms with van der Waals surface area (Å²) in [6.45, 7) is 0.00830. The summed E-state index contributed by atoms with van der Waals surface area (Å²) < 4.78 is 11.7. The smallest absolute Gasteiger partial charge is 0.200 e. The highest BCUT2D eigenvalue weighted by Crippen LogP contribution is 2.24. The van der Waals surface area contributed by atoms with Gasteiger partial charge in [0.05, 0.1) is 7.11 Å². The zero-order valence-electron chi connectivity index (χ0n) is 12.6. The minimum Gasteiger partial charge on any atom is -0.497 e. The van der Waals surface area contributed by atoms with Crippen LogP contribution < -0.4 is 9.47 Å². The van der Waals surface area contributed by atoms with E-state index in [4.69, 9.17) is 9.47 Å². The van der Waals surface area contributed by atoms with E-state index in [2.05, 4.69) is 15.9 Å². The predicted molar refractivity (Wildman–Crippen MR) is 94.5 cm³/mol. The van der Waals surface area contributed by atoms with E-state index in [1.54, 1.807) is 31.4 Å². The van der Waals surface area contributed by atoms with Crippen molar-refractivity contribution in [2.45, 2.75) is 0 Å². The molecular formula is C19H15BrO3. The molecule has 3 aromatic carbocycles. The third kappa shape index (κ3) is 3.71. The van der Waals surface area contributed by atoms with Gasteiger partial charge in [0.25, 0.3) is 0 Å². The summed E-state index contributed by atoms with van der Waals surface area (Å²) in [4.78, 5) is 12.2. The Bertz CT molecular complexity index is 841. The van der Waals surface area contributed by atoms with Gasteiger partial charge in [-0.05, 0) is 59.3 Å². The minimum atomic E-state index is -0.0662. The van der Waals surface area contributed by atoms with Gasteiger partial charge in [-0.3, -0.25) is 4.79 Å². The Balaban J connectivity index is 1.69. The van der Waals surface area contributed by atoms with Crippen LogP contribution in [0.5, 0.6) is 11.5 Å². The highest BCUT2D eigenvalue weighted by Gasteiger charge is 2.07. The number of hydrogen-bond donors (Lipinski definition) is 0. The van der Waals surface area contributed by atoms with E-state index in [1.807, 2.05) is 36.4 Å². The molecule has 3 aromatic rings. The van der Waals surface area contributed by atoms with Crippen molar-refractivity contribution < 1.29 is 14.3 Å². The molecule has 0 bridgehead atoms. The van der Waals surface area contributed by atoms with E-state index < -0.39 is 0 Å². The first-order valence-electron chi connectivity index (χ1n) is 7.15. The maximum Gasteiger partial charge on any atom is 0.200 e. The minimum absolute atomic E-state index is 0.00830. The number of fused-ring (bicyclic) bond motifs is 1. The van der Waals surface area contributed by atoms with Crippen LogP contribution >= 0.6 is 15.9 Å². The maximum absolute atomic E-state index is 12.2. The molecule has 0 amide bonds. The molecule has 0 aliphatic carbocycles. The average molecular weight is 371 g/mol. The second-order valence-corrected chi connectivity index (χ2v) is 6.01. The van der Waals surface area contributed by atoms with E-state index in [-0.39, 0.29) is 12.4 Å². The van der Waals surface area contributed by atoms with Crippen molar-refractivity contribution in [1.82, 2.24) is 0 Å². The first-order chi connectivity index (χ1) is 11.2. The van der Waals surface area contributed by atoms with Gasteiger partial charge in [-0.1, -0.05) is 28.1 Å². The van der Waals surface area contributed by atoms with E-state index in [9.17, 15) is 4.79 Å². The molecule has 3 rings (SSSR count). The lowest BCUT2D eigenvalue weighted by Gasteiger charge is -2.07. The first-order valence-corrected chi connectivity index (χ1v) is 7.94. The average Bonchev–Trinajstić information content (AvgIpc) is 2.59. The summed E-state index contributed by atoms with van der Waals surface area (Å²) >= 11 is 3.45. The molecular weight excluding hydrogens is 356 g/mol. The molecule has 0 aromatic heterocycles. The Morgan fingerprint density at radius 1 is 0.913 bits per heavy atom. The molecule has 0 fully saturated rings. The monoisotopic (exact) mass is 370 g/mol. The van der Waals surface area contributed by atoms with Gasteiger partial charge in [0.2, 0.25) is 0 Å². The van der Waals surface area contributed by atoms with E-state index in [1.165, 1.54) is 0 Å². The first kappa shape index (κ1) is 15.6. The molecule has 4 heteroatoms. The zero-order valence-corrected chi connectivity index (χ0v) is 14.2. The number of rotatable bonds is 5. The van der Waals surface area contributed by atoms with Crippen LogP contribution in [0.3, 0.4) is 0 Å². The Labute approximate surface area is 143 Å². The molecule has 0 atom stereocenters. The third-order valence-corrected chi connectivity index (χ3v) is 4.05. The van der Waals surface area contributed by atoms with Crippen LogP contribution in [0.25, 0.3) is 10.8 Å². The normalized spacial score (nSPS) is 10.5. The Hall–Kier alpha value is -2.33. The number of Topliss-reactive ketones (excluding diaryl/α,β-unsaturated/α-hetero) is 1. The van der Waals surface area contributed by atoms with Crippen LogP contribution in [-0.4, -0.2) is 19.5 Å². The zero-order chi connectivity index (χ0) is 16.2. The van der Waals surface area contributed by atoms with Gasteiger partial charge in [-0.15, -0.1) is 0 Å². The molecule has 116 valence electrons. The van der Waals surface area contributed by atoms with Crippen molar-refractivity contribution in [2.75, 3.05) is 13.7 Å². The molecule has 0 saturated carbocycles. The van der Waals surface area contributed by atoms with Crippen molar-refractivity contribution in [2.24, 2.45) is 0 Å². The van der Waals surface area contributed by atoms with Crippen LogP contribution in [0.2, 0.25) is 0 Å². The molecule has 23 heavy (non-hydrogen) atoms.